The number of hydrogen-bond donors (Lipinski definition) is 1. The number of nitrogens with two attached hydrogens (primary N) is 1. The summed E-state index contributed by atoms with van der Waals surface area (Å²) in [5.74, 6) is -1.41. The highest BCUT2D eigenvalue weighted by atomic mass is 79.9. The Labute approximate surface area is 208 Å². The highest BCUT2D eigenvalue weighted by Gasteiger charge is 2.85. The minimum Gasteiger partial charge on any atom is -0.330 e. The van der Waals surface area contributed by atoms with Crippen LogP contribution >= 0.6 is 15.9 Å². The summed E-state index contributed by atoms with van der Waals surface area (Å²) in [6.45, 7) is 4.65. The third kappa shape index (κ3) is 2.67. The first-order chi connectivity index (χ1) is 16.3. The third-order valence-electron chi connectivity index (χ3n) is 8.18. The number of carbonyl (C=O) groups is 3. The first-order valence-electron chi connectivity index (χ1n) is 11.9. The lowest BCUT2D eigenvalue weighted by Gasteiger charge is -2.41. The molecular formula is C28H29BrN2O3. The molecule has 5 rings (SSSR count). The molecule has 4 atom stereocenters. The molecule has 176 valence electrons. The van der Waals surface area contributed by atoms with Gasteiger partial charge in [-0.15, -0.1) is 0 Å². The topological polar surface area (TPSA) is 80.5 Å². The number of nitrogens with zero attached hydrogens (tertiary/aromatic N) is 1. The van der Waals surface area contributed by atoms with Crippen LogP contribution < -0.4 is 5.73 Å². The van der Waals surface area contributed by atoms with Gasteiger partial charge in [0.25, 0.3) is 0 Å². The summed E-state index contributed by atoms with van der Waals surface area (Å²) in [5, 5.41) is 0. The molecule has 4 unspecified atom stereocenters. The van der Waals surface area contributed by atoms with Crippen molar-refractivity contribution in [1.82, 2.24) is 4.90 Å². The molecule has 2 amide bonds. The van der Waals surface area contributed by atoms with Gasteiger partial charge in [0.1, 0.15) is 4.32 Å². The molecule has 0 spiro atoms. The molecule has 1 heterocycles. The zero-order valence-corrected chi connectivity index (χ0v) is 21.1. The fourth-order valence-electron chi connectivity index (χ4n) is 6.66. The Balaban J connectivity index is 1.73. The van der Waals surface area contributed by atoms with E-state index in [9.17, 15) is 14.4 Å². The number of alkyl halides is 1. The van der Waals surface area contributed by atoms with Gasteiger partial charge in [-0.3, -0.25) is 19.3 Å². The van der Waals surface area contributed by atoms with Crippen LogP contribution in [-0.2, 0) is 14.4 Å². The number of halogens is 1. The number of allylic oxidation sites excluding steroid dienone is 2. The van der Waals surface area contributed by atoms with Gasteiger partial charge in [0.2, 0.25) is 11.8 Å². The number of ketones is 1. The molecule has 2 aliphatic carbocycles. The van der Waals surface area contributed by atoms with E-state index in [2.05, 4.69) is 15.9 Å². The van der Waals surface area contributed by atoms with Crippen molar-refractivity contribution < 1.29 is 14.4 Å². The van der Waals surface area contributed by atoms with E-state index in [1.165, 1.54) is 4.90 Å². The molecule has 0 aromatic heterocycles. The number of imide groups is 1. The maximum atomic E-state index is 14.3. The van der Waals surface area contributed by atoms with Crippen LogP contribution in [0.5, 0.6) is 0 Å². The second-order valence-corrected chi connectivity index (χ2v) is 11.2. The predicted octanol–water partition coefficient (Wildman–Crippen LogP) is 4.45. The number of rotatable bonds is 7. The minimum atomic E-state index is -1.31. The van der Waals surface area contributed by atoms with E-state index in [-0.39, 0.29) is 17.6 Å². The first-order valence-corrected chi connectivity index (χ1v) is 12.7. The van der Waals surface area contributed by atoms with E-state index in [0.29, 0.717) is 19.5 Å². The molecule has 5 nitrogen and oxygen atoms in total. The fourth-order valence-corrected chi connectivity index (χ4v) is 7.91. The van der Waals surface area contributed by atoms with Crippen molar-refractivity contribution >= 4 is 44.7 Å². The number of likely N-dealkylation sites (tertiary alicyclic amines) is 1. The molecule has 1 saturated carbocycles. The smallest absolute Gasteiger partial charge is 0.248 e. The van der Waals surface area contributed by atoms with E-state index in [1.807, 2.05) is 74.5 Å². The van der Waals surface area contributed by atoms with Crippen molar-refractivity contribution in [3.05, 3.63) is 71.8 Å². The Kier molecular flexibility index (Phi) is 5.45. The van der Waals surface area contributed by atoms with Crippen molar-refractivity contribution in [3.63, 3.8) is 0 Å². The Hall–Kier alpha value is -2.57. The lowest BCUT2D eigenvalue weighted by atomic mass is 9.63. The molecule has 2 fully saturated rings. The Morgan fingerprint density at radius 1 is 0.853 bits per heavy atom. The lowest BCUT2D eigenvalue weighted by molar-refractivity contribution is -0.144. The Morgan fingerprint density at radius 3 is 1.97 bits per heavy atom. The van der Waals surface area contributed by atoms with E-state index in [1.54, 1.807) is 0 Å². The molecular weight excluding hydrogens is 492 g/mol. The highest BCUT2D eigenvalue weighted by molar-refractivity contribution is 9.10. The number of unbranched alkanes of at least 4 members (excludes halogenated alkanes) is 2. The summed E-state index contributed by atoms with van der Waals surface area (Å²) >= 11 is 3.78. The molecule has 2 N–H and O–H groups in total. The second-order valence-electron chi connectivity index (χ2n) is 9.93. The van der Waals surface area contributed by atoms with Crippen LogP contribution in [0.15, 0.2) is 60.7 Å². The summed E-state index contributed by atoms with van der Waals surface area (Å²) in [4.78, 5) is 43.5. The summed E-state index contributed by atoms with van der Waals surface area (Å²) in [7, 11) is 0. The van der Waals surface area contributed by atoms with Crippen LogP contribution in [0.25, 0.3) is 11.1 Å². The minimum absolute atomic E-state index is 0.0657. The van der Waals surface area contributed by atoms with Gasteiger partial charge in [0.15, 0.2) is 5.78 Å². The molecule has 2 bridgehead atoms. The lowest BCUT2D eigenvalue weighted by Crippen LogP contribution is -2.50. The molecule has 2 aromatic carbocycles. The molecule has 3 aliphatic rings. The molecule has 0 radical (unpaired) electrons. The largest absolute Gasteiger partial charge is 0.330 e. The number of fused-ring (bicyclic) bond motifs is 5. The van der Waals surface area contributed by atoms with Crippen molar-refractivity contribution in [2.45, 2.75) is 37.4 Å². The van der Waals surface area contributed by atoms with E-state index >= 15 is 0 Å². The Bertz CT molecular complexity index is 1210. The second kappa shape index (κ2) is 7.99. The third-order valence-corrected chi connectivity index (χ3v) is 9.77. The summed E-state index contributed by atoms with van der Waals surface area (Å²) < 4.78 is -1.31. The average Bonchev–Trinajstić information content (AvgIpc) is 3.23. The maximum Gasteiger partial charge on any atom is 0.248 e. The normalized spacial score (nSPS) is 32.2. The van der Waals surface area contributed by atoms with Crippen molar-refractivity contribution in [2.75, 3.05) is 13.1 Å². The molecule has 34 heavy (non-hydrogen) atoms. The number of benzene rings is 2. The van der Waals surface area contributed by atoms with Gasteiger partial charge in [0.05, 0.1) is 16.7 Å². The van der Waals surface area contributed by atoms with Gasteiger partial charge in [-0.1, -0.05) is 83.0 Å². The molecule has 1 aliphatic heterocycles. The first kappa shape index (κ1) is 23.2. The van der Waals surface area contributed by atoms with E-state index in [0.717, 1.165) is 35.1 Å². The Morgan fingerprint density at radius 2 is 1.41 bits per heavy atom. The van der Waals surface area contributed by atoms with Crippen molar-refractivity contribution in [3.8, 4) is 0 Å². The van der Waals surface area contributed by atoms with Gasteiger partial charge in [0, 0.05) is 6.54 Å². The van der Waals surface area contributed by atoms with Crippen molar-refractivity contribution in [2.24, 2.45) is 22.5 Å². The van der Waals surface area contributed by atoms with Crippen LogP contribution in [0.3, 0.4) is 0 Å². The quantitative estimate of drug-likeness (QED) is 0.332. The van der Waals surface area contributed by atoms with E-state index < -0.39 is 21.1 Å². The number of hydrogen-bond acceptors (Lipinski definition) is 4. The van der Waals surface area contributed by atoms with Crippen LogP contribution in [0.1, 0.15) is 44.2 Å². The molecule has 6 heteroatoms. The monoisotopic (exact) mass is 520 g/mol. The van der Waals surface area contributed by atoms with Crippen LogP contribution in [0.4, 0.5) is 0 Å². The number of carbonyl (C=O) groups excluding carboxylic acids is 3. The zero-order valence-electron chi connectivity index (χ0n) is 19.5. The van der Waals surface area contributed by atoms with E-state index in [4.69, 9.17) is 5.73 Å². The standard InChI is InChI=1S/C28H29BrN2O3/c1-26-20(18-12-6-3-7-13-18)21(19-14-8-4-9-15-19)27(2,24(26)33)28(29)22(26)23(32)31(25(28)34)17-11-5-10-16-30/h3-4,6-9,12-15,22H,5,10-11,16-17,30H2,1-2H3. The predicted molar refractivity (Wildman–Crippen MR) is 136 cm³/mol. The molecule has 2 aromatic rings. The van der Waals surface area contributed by atoms with Crippen molar-refractivity contribution in [1.29, 1.82) is 0 Å². The zero-order chi connectivity index (χ0) is 24.3. The van der Waals surface area contributed by atoms with Crippen LogP contribution in [0, 0.1) is 16.7 Å². The summed E-state index contributed by atoms with van der Waals surface area (Å²) in [5.41, 5.74) is 6.82. The maximum absolute atomic E-state index is 14.3. The van der Waals surface area contributed by atoms with Gasteiger partial charge in [-0.05, 0) is 55.5 Å². The average molecular weight is 521 g/mol. The summed E-state index contributed by atoms with van der Waals surface area (Å²) in [6, 6.07) is 19.6. The highest BCUT2D eigenvalue weighted by Crippen LogP contribution is 2.77. The SMILES string of the molecule is CC12C(=O)C(C)(C(c3ccccc3)=C1c1ccccc1)C1(Br)C(=O)N(CCCCCN)C(=O)C21. The van der Waals surface area contributed by atoms with Gasteiger partial charge >= 0.3 is 0 Å². The summed E-state index contributed by atoms with van der Waals surface area (Å²) in [6.07, 6.45) is 2.41. The van der Waals surface area contributed by atoms with Crippen LogP contribution in [0.2, 0.25) is 0 Å². The van der Waals surface area contributed by atoms with Gasteiger partial charge < -0.3 is 5.73 Å². The number of Topliss-reactive ketones (excluding diaryl/α,β-unsaturated/α-hetero) is 1. The van der Waals surface area contributed by atoms with Gasteiger partial charge in [-0.25, -0.2) is 0 Å². The van der Waals surface area contributed by atoms with Crippen LogP contribution in [-0.4, -0.2) is 39.9 Å². The number of amides is 2. The van der Waals surface area contributed by atoms with Gasteiger partial charge in [-0.2, -0.15) is 0 Å². The fraction of sp³-hybridized carbons (Fsp3) is 0.393. The molecule has 1 saturated heterocycles.